The molecule has 1 unspecified atom stereocenters. The normalized spacial score (nSPS) is 19.6. The van der Waals surface area contributed by atoms with Crippen LogP contribution in [0.3, 0.4) is 0 Å². The van der Waals surface area contributed by atoms with E-state index < -0.39 is 5.92 Å². The molecule has 0 saturated carbocycles. The van der Waals surface area contributed by atoms with Gasteiger partial charge in [-0.15, -0.1) is 0 Å². The van der Waals surface area contributed by atoms with Crippen molar-refractivity contribution in [2.45, 2.75) is 39.0 Å². The zero-order valence-corrected chi connectivity index (χ0v) is 20.6. The van der Waals surface area contributed by atoms with Gasteiger partial charge < -0.3 is 18.9 Å². The third kappa shape index (κ3) is 4.00. The predicted octanol–water partition coefficient (Wildman–Crippen LogP) is 4.88. The summed E-state index contributed by atoms with van der Waals surface area (Å²) in [7, 11) is 6.28. The van der Waals surface area contributed by atoms with E-state index in [0.717, 1.165) is 5.56 Å². The highest BCUT2D eigenvalue weighted by Gasteiger charge is 2.45. The van der Waals surface area contributed by atoms with E-state index in [9.17, 15) is 9.59 Å². The zero-order chi connectivity index (χ0) is 24.6. The molecule has 0 spiro atoms. The second kappa shape index (κ2) is 9.05. The molecule has 1 atom stereocenters. The van der Waals surface area contributed by atoms with Crippen LogP contribution in [0.15, 0.2) is 47.7 Å². The number of nitrogens with zero attached hydrogens (tertiary/aromatic N) is 1. The molecule has 34 heavy (non-hydrogen) atoms. The molecular weight excluding hydrogens is 434 g/mol. The largest absolute Gasteiger partial charge is 0.497 e. The van der Waals surface area contributed by atoms with E-state index in [0.29, 0.717) is 52.8 Å². The topological polar surface area (TPSA) is 74.3 Å². The molecule has 1 heterocycles. The number of allylic oxidation sites excluding steroid dienone is 2. The van der Waals surface area contributed by atoms with E-state index in [-0.39, 0.29) is 23.5 Å². The van der Waals surface area contributed by atoms with Crippen molar-refractivity contribution < 1.29 is 28.5 Å². The zero-order valence-electron chi connectivity index (χ0n) is 20.6. The summed E-state index contributed by atoms with van der Waals surface area (Å²) in [6, 6.07) is 10.9. The second-order valence-corrected chi connectivity index (χ2v) is 9.41. The van der Waals surface area contributed by atoms with Crippen molar-refractivity contribution in [1.29, 1.82) is 0 Å². The van der Waals surface area contributed by atoms with Gasteiger partial charge >= 0.3 is 0 Å². The maximum atomic E-state index is 13.8. The van der Waals surface area contributed by atoms with Crippen molar-refractivity contribution in [1.82, 2.24) is 0 Å². The van der Waals surface area contributed by atoms with Gasteiger partial charge in [0.2, 0.25) is 5.91 Å². The van der Waals surface area contributed by atoms with Gasteiger partial charge in [0, 0.05) is 41.7 Å². The van der Waals surface area contributed by atoms with Crippen LogP contribution in [0.5, 0.6) is 23.0 Å². The van der Waals surface area contributed by atoms with Crippen LogP contribution in [-0.4, -0.2) is 40.1 Å². The van der Waals surface area contributed by atoms with E-state index in [2.05, 4.69) is 13.8 Å². The van der Waals surface area contributed by atoms with Crippen LogP contribution in [0.4, 0.5) is 5.69 Å². The summed E-state index contributed by atoms with van der Waals surface area (Å²) in [5, 5.41) is 0. The molecule has 2 aromatic rings. The number of hydrogen-bond donors (Lipinski definition) is 0. The summed E-state index contributed by atoms with van der Waals surface area (Å²) in [4.78, 5) is 29.1. The molecular formula is C27H31NO6. The van der Waals surface area contributed by atoms with Crippen LogP contribution < -0.4 is 23.8 Å². The number of Topliss-reactive ketones (excluding diaryl/α,β-unsaturated/α-hetero) is 1. The molecule has 2 aliphatic rings. The van der Waals surface area contributed by atoms with Crippen LogP contribution in [0.25, 0.3) is 0 Å². The Balaban J connectivity index is 1.97. The van der Waals surface area contributed by atoms with E-state index in [1.54, 1.807) is 51.5 Å². The van der Waals surface area contributed by atoms with Gasteiger partial charge in [0.15, 0.2) is 17.3 Å². The van der Waals surface area contributed by atoms with Gasteiger partial charge in [0.25, 0.3) is 0 Å². The first-order valence-electron chi connectivity index (χ1n) is 11.3. The minimum atomic E-state index is -0.427. The highest BCUT2D eigenvalue weighted by Crippen LogP contribution is 2.51. The van der Waals surface area contributed by atoms with Gasteiger partial charge in [0.05, 0.1) is 34.1 Å². The Morgan fingerprint density at radius 1 is 0.882 bits per heavy atom. The standard InChI is InChI=1S/C27H31NO6/c1-27(2)14-20-25(21(29)15-27)18(17-8-7-9-23(33-5)26(17)34-6)13-24(30)28(20)19-12-16(31-3)10-11-22(19)32-4/h7-12,18H,13-15H2,1-6H3. The maximum absolute atomic E-state index is 13.8. The van der Waals surface area contributed by atoms with Crippen molar-refractivity contribution in [2.75, 3.05) is 33.3 Å². The number of methoxy groups -OCH3 is 4. The molecule has 0 radical (unpaired) electrons. The van der Waals surface area contributed by atoms with Crippen LogP contribution >= 0.6 is 0 Å². The average Bonchev–Trinajstić information content (AvgIpc) is 2.81. The molecule has 180 valence electrons. The fourth-order valence-electron chi connectivity index (χ4n) is 5.12. The Bertz CT molecular complexity index is 1170. The first-order valence-corrected chi connectivity index (χ1v) is 11.3. The molecule has 4 rings (SSSR count). The number of ketones is 1. The van der Waals surface area contributed by atoms with Crippen molar-refractivity contribution in [2.24, 2.45) is 5.41 Å². The lowest BCUT2D eigenvalue weighted by atomic mass is 9.69. The van der Waals surface area contributed by atoms with Crippen molar-refractivity contribution in [3.8, 4) is 23.0 Å². The number of para-hydroxylation sites is 1. The molecule has 7 nitrogen and oxygen atoms in total. The molecule has 1 aliphatic carbocycles. The lowest BCUT2D eigenvalue weighted by Crippen LogP contribution is -2.44. The first-order chi connectivity index (χ1) is 16.2. The molecule has 1 aliphatic heterocycles. The second-order valence-electron chi connectivity index (χ2n) is 9.41. The minimum Gasteiger partial charge on any atom is -0.497 e. The molecule has 1 amide bonds. The monoisotopic (exact) mass is 465 g/mol. The summed E-state index contributed by atoms with van der Waals surface area (Å²) in [5.41, 5.74) is 2.41. The van der Waals surface area contributed by atoms with Gasteiger partial charge in [0.1, 0.15) is 11.5 Å². The predicted molar refractivity (Wildman–Crippen MR) is 129 cm³/mol. The van der Waals surface area contributed by atoms with Crippen LogP contribution in [0.2, 0.25) is 0 Å². The van der Waals surface area contributed by atoms with Crippen LogP contribution in [-0.2, 0) is 9.59 Å². The third-order valence-electron chi connectivity index (χ3n) is 6.58. The third-order valence-corrected chi connectivity index (χ3v) is 6.58. The number of rotatable bonds is 6. The van der Waals surface area contributed by atoms with Crippen molar-refractivity contribution >= 4 is 17.4 Å². The van der Waals surface area contributed by atoms with E-state index >= 15 is 0 Å². The maximum Gasteiger partial charge on any atom is 0.232 e. The van der Waals surface area contributed by atoms with E-state index in [4.69, 9.17) is 18.9 Å². The van der Waals surface area contributed by atoms with Gasteiger partial charge in [-0.05, 0) is 30.0 Å². The number of amides is 1. The Labute approximate surface area is 200 Å². The number of hydrogen-bond acceptors (Lipinski definition) is 6. The Morgan fingerprint density at radius 2 is 1.62 bits per heavy atom. The Kier molecular flexibility index (Phi) is 6.30. The molecule has 0 N–H and O–H groups in total. The van der Waals surface area contributed by atoms with Gasteiger partial charge in [-0.25, -0.2) is 0 Å². The summed E-state index contributed by atoms with van der Waals surface area (Å²) in [6.45, 7) is 4.10. The summed E-state index contributed by atoms with van der Waals surface area (Å²) < 4.78 is 22.2. The van der Waals surface area contributed by atoms with E-state index in [1.165, 1.54) is 0 Å². The highest BCUT2D eigenvalue weighted by molar-refractivity contribution is 6.08. The lowest BCUT2D eigenvalue weighted by Gasteiger charge is -2.43. The Hall–Kier alpha value is -3.48. The van der Waals surface area contributed by atoms with Gasteiger partial charge in [-0.1, -0.05) is 26.0 Å². The minimum absolute atomic E-state index is 0.0421. The fraction of sp³-hybridized carbons (Fsp3) is 0.407. The molecule has 0 aromatic heterocycles. The molecule has 0 fully saturated rings. The van der Waals surface area contributed by atoms with Crippen molar-refractivity contribution in [3.05, 3.63) is 53.2 Å². The van der Waals surface area contributed by atoms with E-state index in [1.807, 2.05) is 18.2 Å². The smallest absolute Gasteiger partial charge is 0.232 e. The number of benzene rings is 2. The summed E-state index contributed by atoms with van der Waals surface area (Å²) in [5.74, 6) is 1.74. The van der Waals surface area contributed by atoms with Crippen LogP contribution in [0, 0.1) is 5.41 Å². The SMILES string of the molecule is COc1ccc(OC)c(N2C(=O)CC(c3cccc(OC)c3OC)C3=C2CC(C)(C)CC3=O)c1. The summed E-state index contributed by atoms with van der Waals surface area (Å²) in [6.07, 6.45) is 1.10. The molecule has 7 heteroatoms. The van der Waals surface area contributed by atoms with Gasteiger partial charge in [-0.3, -0.25) is 14.5 Å². The fourth-order valence-corrected chi connectivity index (χ4v) is 5.12. The number of anilines is 1. The first kappa shape index (κ1) is 23.7. The Morgan fingerprint density at radius 3 is 2.26 bits per heavy atom. The van der Waals surface area contributed by atoms with Gasteiger partial charge in [-0.2, -0.15) is 0 Å². The lowest BCUT2D eigenvalue weighted by molar-refractivity contribution is -0.121. The summed E-state index contributed by atoms with van der Waals surface area (Å²) >= 11 is 0. The van der Waals surface area contributed by atoms with Crippen LogP contribution in [0.1, 0.15) is 44.6 Å². The van der Waals surface area contributed by atoms with Crippen molar-refractivity contribution in [3.63, 3.8) is 0 Å². The molecule has 0 saturated heterocycles. The average molecular weight is 466 g/mol. The quantitative estimate of drug-likeness (QED) is 0.605. The number of carbonyl (C=O) groups is 2. The molecule has 0 bridgehead atoms. The molecule has 2 aromatic carbocycles. The number of ether oxygens (including phenoxy) is 4. The highest BCUT2D eigenvalue weighted by atomic mass is 16.5. The number of carbonyl (C=O) groups excluding carboxylic acids is 2.